The van der Waals surface area contributed by atoms with Gasteiger partial charge in [0.05, 0.1) is 11.2 Å². The van der Waals surface area contributed by atoms with Gasteiger partial charge in [-0.15, -0.1) is 0 Å². The molecule has 0 atom stereocenters. The molecule has 0 bridgehead atoms. The number of hydrogen-bond donors (Lipinski definition) is 4. The van der Waals surface area contributed by atoms with E-state index in [2.05, 4.69) is 5.32 Å². The number of carbonyl (C=O) groups is 1. The molecule has 2 aliphatic heterocycles. The molecule has 2 saturated heterocycles. The first-order valence-electron chi connectivity index (χ1n) is 9.83. The lowest BCUT2D eigenvalue weighted by molar-refractivity contribution is -0.00678. The molecule has 2 aliphatic rings. The summed E-state index contributed by atoms with van der Waals surface area (Å²) in [5.74, 6) is 0. The van der Waals surface area contributed by atoms with Crippen LogP contribution in [0.5, 0.6) is 0 Å². The van der Waals surface area contributed by atoms with Crippen molar-refractivity contribution >= 4 is 6.09 Å². The van der Waals surface area contributed by atoms with Crippen LogP contribution in [0.4, 0.5) is 4.79 Å². The van der Waals surface area contributed by atoms with Gasteiger partial charge < -0.3 is 30.3 Å². The van der Waals surface area contributed by atoms with E-state index in [0.717, 1.165) is 38.6 Å². The summed E-state index contributed by atoms with van der Waals surface area (Å²) in [6.07, 6.45) is 2.70. The summed E-state index contributed by atoms with van der Waals surface area (Å²) in [7, 11) is 1.00. The molecular weight excluding hydrogens is 372 g/mol. The molecule has 168 valence electrons. The zero-order valence-corrected chi connectivity index (χ0v) is 17.4. The Hall–Kier alpha value is -1.67. The molecule has 7 heteroatoms. The Morgan fingerprint density at radius 2 is 1.48 bits per heavy atom. The molecule has 0 spiro atoms. The third-order valence-electron chi connectivity index (χ3n) is 4.98. The third kappa shape index (κ3) is 11.2. The Balaban J connectivity index is 0.000000601. The van der Waals surface area contributed by atoms with Crippen molar-refractivity contribution in [3.05, 3.63) is 35.9 Å². The molecule has 2 heterocycles. The number of likely N-dealkylation sites (tertiary alicyclic amines) is 1. The Labute approximate surface area is 175 Å². The van der Waals surface area contributed by atoms with Crippen LogP contribution >= 0.6 is 0 Å². The number of aliphatic hydroxyl groups excluding tert-OH is 1. The highest BCUT2D eigenvalue weighted by atomic mass is 16.6. The number of aliphatic hydroxyl groups is 3. The zero-order valence-electron chi connectivity index (χ0n) is 17.4. The fourth-order valence-corrected chi connectivity index (χ4v) is 2.95. The Bertz CT molecular complexity index is 546. The predicted molar refractivity (Wildman–Crippen MR) is 116 cm³/mol. The van der Waals surface area contributed by atoms with Crippen molar-refractivity contribution in [3.8, 4) is 0 Å². The Kier molecular flexibility index (Phi) is 12.8. The molecule has 0 unspecified atom stereocenters. The van der Waals surface area contributed by atoms with Crippen molar-refractivity contribution in [3.63, 3.8) is 0 Å². The summed E-state index contributed by atoms with van der Waals surface area (Å²) in [6.45, 7) is 7.04. The molecule has 0 saturated carbocycles. The summed E-state index contributed by atoms with van der Waals surface area (Å²) in [4.78, 5) is 13.5. The number of ether oxygens (including phenoxy) is 1. The maximum Gasteiger partial charge on any atom is 0.410 e. The highest BCUT2D eigenvalue weighted by molar-refractivity contribution is 5.67. The van der Waals surface area contributed by atoms with Crippen LogP contribution in [0.25, 0.3) is 0 Å². The first-order chi connectivity index (χ1) is 13.3. The summed E-state index contributed by atoms with van der Waals surface area (Å²) in [5, 5.41) is 29.3. The molecule has 1 aromatic carbocycles. The number of amides is 1. The lowest BCUT2D eigenvalue weighted by Gasteiger charge is -2.35. The van der Waals surface area contributed by atoms with Crippen LogP contribution in [0.2, 0.25) is 0 Å². The predicted octanol–water partition coefficient (Wildman–Crippen LogP) is 2.54. The number of nitrogens with zero attached hydrogens (tertiary/aromatic N) is 1. The van der Waals surface area contributed by atoms with E-state index in [1.165, 1.54) is 0 Å². The van der Waals surface area contributed by atoms with Crippen LogP contribution < -0.4 is 5.32 Å². The van der Waals surface area contributed by atoms with Gasteiger partial charge in [-0.25, -0.2) is 4.79 Å². The lowest BCUT2D eigenvalue weighted by Crippen LogP contribution is -2.45. The minimum absolute atomic E-state index is 0. The largest absolute Gasteiger partial charge is 0.445 e. The lowest BCUT2D eigenvalue weighted by atomic mass is 9.94. The molecule has 4 N–H and O–H groups in total. The van der Waals surface area contributed by atoms with Crippen molar-refractivity contribution < 1.29 is 24.9 Å². The fourth-order valence-electron chi connectivity index (χ4n) is 2.95. The van der Waals surface area contributed by atoms with E-state index in [9.17, 15) is 15.0 Å². The molecule has 2 fully saturated rings. The van der Waals surface area contributed by atoms with Gasteiger partial charge >= 0.3 is 6.09 Å². The number of piperidine rings is 2. The first-order valence-corrected chi connectivity index (χ1v) is 9.83. The second kappa shape index (κ2) is 13.5. The van der Waals surface area contributed by atoms with Gasteiger partial charge in [-0.2, -0.15) is 0 Å². The zero-order chi connectivity index (χ0) is 21.0. The number of nitrogens with one attached hydrogen (secondary N) is 1. The van der Waals surface area contributed by atoms with Crippen LogP contribution in [0.15, 0.2) is 30.3 Å². The molecule has 0 aliphatic carbocycles. The molecule has 0 radical (unpaired) electrons. The summed E-state index contributed by atoms with van der Waals surface area (Å²) >= 11 is 0. The minimum atomic E-state index is -0.643. The van der Waals surface area contributed by atoms with Crippen molar-refractivity contribution in [2.45, 2.75) is 64.8 Å². The number of hydrogen-bond acceptors (Lipinski definition) is 6. The second-order valence-electron chi connectivity index (χ2n) is 7.77. The van der Waals surface area contributed by atoms with E-state index in [1.54, 1.807) is 11.8 Å². The minimum Gasteiger partial charge on any atom is -0.445 e. The van der Waals surface area contributed by atoms with E-state index in [1.807, 2.05) is 37.3 Å². The summed E-state index contributed by atoms with van der Waals surface area (Å²) < 4.78 is 5.24. The van der Waals surface area contributed by atoms with E-state index in [4.69, 9.17) is 9.84 Å². The third-order valence-corrected chi connectivity index (χ3v) is 4.98. The molecular formula is C22H40N2O5. The van der Waals surface area contributed by atoms with Crippen molar-refractivity contribution in [1.29, 1.82) is 0 Å². The van der Waals surface area contributed by atoms with Gasteiger partial charge in [-0.1, -0.05) is 37.8 Å². The molecule has 1 amide bonds. The van der Waals surface area contributed by atoms with Crippen LogP contribution in [-0.4, -0.2) is 70.8 Å². The van der Waals surface area contributed by atoms with Crippen LogP contribution in [0, 0.1) is 0 Å². The molecule has 0 aromatic heterocycles. The smallest absolute Gasteiger partial charge is 0.410 e. The standard InChI is InChI=1S/C14H19NO3.C6H13NO.CH4O.CH4/c1-14(17)7-9-15(10-8-14)13(16)18-11-12-5-3-2-4-6-12;1-6(8)2-4-7-5-3-6;1-2;/h2-6,17H,7-11H2,1H3;7-8H,2-5H2,1H3;2H,1H3;1H4. The van der Waals surface area contributed by atoms with Crippen molar-refractivity contribution in [2.24, 2.45) is 0 Å². The van der Waals surface area contributed by atoms with Gasteiger partial charge in [0.25, 0.3) is 0 Å². The van der Waals surface area contributed by atoms with Gasteiger partial charge in [-0.3, -0.25) is 0 Å². The second-order valence-corrected chi connectivity index (χ2v) is 7.77. The van der Waals surface area contributed by atoms with E-state index < -0.39 is 5.60 Å². The average Bonchev–Trinajstić information content (AvgIpc) is 2.69. The number of rotatable bonds is 2. The van der Waals surface area contributed by atoms with E-state index in [0.29, 0.717) is 32.5 Å². The molecule has 1 aromatic rings. The van der Waals surface area contributed by atoms with Gasteiger partial charge in [0.1, 0.15) is 6.61 Å². The topological polar surface area (TPSA) is 102 Å². The van der Waals surface area contributed by atoms with Crippen LogP contribution in [-0.2, 0) is 11.3 Å². The Morgan fingerprint density at radius 3 is 1.93 bits per heavy atom. The number of carbonyl (C=O) groups excluding carboxylic acids is 1. The SMILES string of the molecule is C.CC1(O)CCN(C(=O)OCc2ccccc2)CC1.CC1(O)CCNCC1.CO. The van der Waals surface area contributed by atoms with Crippen LogP contribution in [0.3, 0.4) is 0 Å². The van der Waals surface area contributed by atoms with Gasteiger partial charge in [0, 0.05) is 20.2 Å². The molecule has 29 heavy (non-hydrogen) atoms. The maximum atomic E-state index is 11.8. The van der Waals surface area contributed by atoms with Gasteiger partial charge in [-0.05, 0) is 58.2 Å². The normalized spacial score (nSPS) is 19.3. The van der Waals surface area contributed by atoms with E-state index in [-0.39, 0.29) is 19.1 Å². The van der Waals surface area contributed by atoms with Gasteiger partial charge in [0.2, 0.25) is 0 Å². The van der Waals surface area contributed by atoms with Crippen LogP contribution in [0.1, 0.15) is 52.5 Å². The summed E-state index contributed by atoms with van der Waals surface area (Å²) in [6, 6.07) is 9.61. The maximum absolute atomic E-state index is 11.8. The van der Waals surface area contributed by atoms with E-state index >= 15 is 0 Å². The molecule has 7 nitrogen and oxygen atoms in total. The summed E-state index contributed by atoms with van der Waals surface area (Å²) in [5.41, 5.74) is -0.0450. The Morgan fingerprint density at radius 1 is 1.00 bits per heavy atom. The van der Waals surface area contributed by atoms with Gasteiger partial charge in [0.15, 0.2) is 0 Å². The van der Waals surface area contributed by atoms with Crippen molar-refractivity contribution in [2.75, 3.05) is 33.3 Å². The first kappa shape index (κ1) is 27.3. The number of benzene rings is 1. The van der Waals surface area contributed by atoms with Crippen molar-refractivity contribution in [1.82, 2.24) is 10.2 Å². The monoisotopic (exact) mass is 412 g/mol. The average molecular weight is 413 g/mol. The quantitative estimate of drug-likeness (QED) is 0.595. The fraction of sp³-hybridized carbons (Fsp3) is 0.682. The molecule has 3 rings (SSSR count). The highest BCUT2D eigenvalue weighted by Gasteiger charge is 2.30. The highest BCUT2D eigenvalue weighted by Crippen LogP contribution is 2.21.